The fourth-order valence-corrected chi connectivity index (χ4v) is 1.74. The van der Waals surface area contributed by atoms with Crippen LogP contribution >= 0.6 is 10.7 Å². The van der Waals surface area contributed by atoms with Gasteiger partial charge < -0.3 is 10.1 Å². The average molecular weight is 289 g/mol. The topological polar surface area (TPSA) is 110 Å². The Labute approximate surface area is 96.6 Å². The van der Waals surface area contributed by atoms with E-state index in [2.05, 4.69) is 0 Å². The van der Waals surface area contributed by atoms with E-state index < -0.39 is 42.2 Å². The summed E-state index contributed by atoms with van der Waals surface area (Å²) in [6, 6.07) is 0.261. The number of aromatic amines is 1. The second-order valence-corrected chi connectivity index (χ2v) is 5.29. The van der Waals surface area contributed by atoms with E-state index in [1.165, 1.54) is 0 Å². The van der Waals surface area contributed by atoms with E-state index in [4.69, 9.17) is 10.7 Å². The molecular formula is C6H3ClF2N2O5S. The SMILES string of the molecule is O=c1cc(S(=O)(=O)Cl)[nH]c([N+](=O)[O-])c1C(F)F. The lowest BCUT2D eigenvalue weighted by atomic mass is 10.2. The van der Waals surface area contributed by atoms with Crippen LogP contribution in [-0.4, -0.2) is 18.3 Å². The predicted octanol–water partition coefficient (Wildman–Crippen LogP) is 1.15. The fraction of sp³-hybridized carbons (Fsp3) is 0.167. The van der Waals surface area contributed by atoms with Crippen LogP contribution in [0.4, 0.5) is 14.6 Å². The molecule has 0 aliphatic heterocycles. The summed E-state index contributed by atoms with van der Waals surface area (Å²) >= 11 is 0. The van der Waals surface area contributed by atoms with Crippen LogP contribution in [-0.2, 0) is 9.05 Å². The highest BCUT2D eigenvalue weighted by molar-refractivity contribution is 8.13. The first-order chi connectivity index (χ1) is 7.64. The molecular weight excluding hydrogens is 286 g/mol. The minimum absolute atomic E-state index is 0.261. The average Bonchev–Trinajstić information content (AvgIpc) is 2.13. The maximum Gasteiger partial charge on any atom is 0.334 e. The molecule has 1 rings (SSSR count). The van der Waals surface area contributed by atoms with Crippen LogP contribution in [0.5, 0.6) is 0 Å². The van der Waals surface area contributed by atoms with Crippen molar-refractivity contribution in [3.8, 4) is 0 Å². The molecule has 0 aliphatic rings. The third kappa shape index (κ3) is 2.77. The molecule has 0 saturated carbocycles. The van der Waals surface area contributed by atoms with Crippen LogP contribution in [0.1, 0.15) is 12.0 Å². The smallest absolute Gasteiger partial charge is 0.334 e. The van der Waals surface area contributed by atoms with Gasteiger partial charge in [-0.2, -0.15) is 0 Å². The number of alkyl halides is 2. The van der Waals surface area contributed by atoms with E-state index in [0.717, 1.165) is 0 Å². The molecule has 7 nitrogen and oxygen atoms in total. The Kier molecular flexibility index (Phi) is 3.48. The van der Waals surface area contributed by atoms with Gasteiger partial charge in [-0.05, 0) is 4.92 Å². The number of hydrogen-bond donors (Lipinski definition) is 1. The lowest BCUT2D eigenvalue weighted by molar-refractivity contribution is -0.391. The van der Waals surface area contributed by atoms with E-state index in [1.54, 1.807) is 4.98 Å². The number of aromatic nitrogens is 1. The number of nitro groups is 1. The molecule has 1 aromatic heterocycles. The molecule has 0 saturated heterocycles. The maximum atomic E-state index is 12.4. The molecule has 0 fully saturated rings. The molecule has 0 spiro atoms. The summed E-state index contributed by atoms with van der Waals surface area (Å²) < 4.78 is 46.4. The van der Waals surface area contributed by atoms with E-state index in [9.17, 15) is 32.1 Å². The van der Waals surface area contributed by atoms with E-state index in [0.29, 0.717) is 0 Å². The molecule has 0 bridgehead atoms. The Hall–Kier alpha value is -1.55. The van der Waals surface area contributed by atoms with Crippen molar-refractivity contribution < 1.29 is 22.1 Å². The molecule has 0 radical (unpaired) electrons. The molecule has 0 aliphatic carbocycles. The number of H-pyrrole nitrogens is 1. The zero-order valence-electron chi connectivity index (χ0n) is 7.69. The molecule has 11 heteroatoms. The van der Waals surface area contributed by atoms with Gasteiger partial charge in [-0.25, -0.2) is 22.2 Å². The van der Waals surface area contributed by atoms with Crippen LogP contribution in [0.15, 0.2) is 15.9 Å². The number of hydrogen-bond acceptors (Lipinski definition) is 5. The summed E-state index contributed by atoms with van der Waals surface area (Å²) in [5.41, 5.74) is -2.90. The Balaban J connectivity index is 3.71. The van der Waals surface area contributed by atoms with Gasteiger partial charge in [0.15, 0.2) is 5.56 Å². The lowest BCUT2D eigenvalue weighted by Gasteiger charge is -2.02. The van der Waals surface area contributed by atoms with Crippen LogP contribution in [0, 0.1) is 10.1 Å². The first kappa shape index (κ1) is 13.5. The van der Waals surface area contributed by atoms with Gasteiger partial charge in [0.2, 0.25) is 10.5 Å². The van der Waals surface area contributed by atoms with Gasteiger partial charge in [-0.1, -0.05) is 0 Å². The highest BCUT2D eigenvalue weighted by atomic mass is 35.7. The zero-order chi connectivity index (χ0) is 13.4. The third-order valence-corrected chi connectivity index (χ3v) is 2.93. The van der Waals surface area contributed by atoms with Gasteiger partial charge in [-0.3, -0.25) is 4.79 Å². The molecule has 1 aromatic rings. The molecule has 1 N–H and O–H groups in total. The fourth-order valence-electron chi connectivity index (χ4n) is 1.02. The normalized spacial score (nSPS) is 11.8. The first-order valence-corrected chi connectivity index (χ1v) is 6.10. The summed E-state index contributed by atoms with van der Waals surface area (Å²) in [5, 5.41) is 9.41. The van der Waals surface area contributed by atoms with Gasteiger partial charge in [0.1, 0.15) is 0 Å². The van der Waals surface area contributed by atoms with Crippen molar-refractivity contribution in [1.82, 2.24) is 4.98 Å². The number of pyridine rings is 1. The van der Waals surface area contributed by atoms with Crippen LogP contribution < -0.4 is 5.43 Å². The quantitative estimate of drug-likeness (QED) is 0.509. The molecule has 17 heavy (non-hydrogen) atoms. The van der Waals surface area contributed by atoms with Gasteiger partial charge in [0, 0.05) is 16.7 Å². The monoisotopic (exact) mass is 288 g/mol. The van der Waals surface area contributed by atoms with Gasteiger partial charge in [-0.15, -0.1) is 0 Å². The van der Waals surface area contributed by atoms with Crippen molar-refractivity contribution in [2.45, 2.75) is 11.5 Å². The number of halogens is 3. The molecule has 0 unspecified atom stereocenters. The van der Waals surface area contributed by atoms with Crippen molar-refractivity contribution in [2.75, 3.05) is 0 Å². The Morgan fingerprint density at radius 3 is 2.35 bits per heavy atom. The minimum atomic E-state index is -4.46. The molecule has 0 amide bonds. The lowest BCUT2D eigenvalue weighted by Crippen LogP contribution is -2.16. The highest BCUT2D eigenvalue weighted by Crippen LogP contribution is 2.25. The number of nitrogens with one attached hydrogen (secondary N) is 1. The largest absolute Gasteiger partial charge is 0.358 e. The predicted molar refractivity (Wildman–Crippen MR) is 51.7 cm³/mol. The van der Waals surface area contributed by atoms with Crippen molar-refractivity contribution in [3.05, 3.63) is 32.0 Å². The van der Waals surface area contributed by atoms with E-state index in [-0.39, 0.29) is 6.07 Å². The Morgan fingerprint density at radius 2 is 2.00 bits per heavy atom. The first-order valence-electron chi connectivity index (χ1n) is 3.79. The highest BCUT2D eigenvalue weighted by Gasteiger charge is 2.29. The second-order valence-electron chi connectivity index (χ2n) is 2.76. The summed E-state index contributed by atoms with van der Waals surface area (Å²) in [4.78, 5) is 21.8. The second kappa shape index (κ2) is 4.37. The standard InChI is InChI=1S/C6H3ClF2N2O5S/c7-17(15,16)3-1-2(12)4(5(8)9)6(10-3)11(13)14/h1,5H,(H,10,12). The van der Waals surface area contributed by atoms with Crippen molar-refractivity contribution in [2.24, 2.45) is 0 Å². The summed E-state index contributed by atoms with van der Waals surface area (Å²) in [5.74, 6) is -1.40. The number of rotatable bonds is 3. The summed E-state index contributed by atoms with van der Waals surface area (Å²) in [6.07, 6.45) is -3.41. The molecule has 1 heterocycles. The van der Waals surface area contributed by atoms with Gasteiger partial charge in [0.25, 0.3) is 15.5 Å². The minimum Gasteiger partial charge on any atom is -0.358 e. The van der Waals surface area contributed by atoms with Crippen molar-refractivity contribution in [1.29, 1.82) is 0 Å². The van der Waals surface area contributed by atoms with Crippen LogP contribution in [0.2, 0.25) is 0 Å². The molecule has 0 aromatic carbocycles. The summed E-state index contributed by atoms with van der Waals surface area (Å²) in [6.45, 7) is 0. The summed E-state index contributed by atoms with van der Waals surface area (Å²) in [7, 11) is 0.375. The van der Waals surface area contributed by atoms with Crippen LogP contribution in [0.25, 0.3) is 0 Å². The van der Waals surface area contributed by atoms with Crippen molar-refractivity contribution >= 4 is 25.6 Å². The number of nitrogens with zero attached hydrogens (tertiary/aromatic N) is 1. The molecule has 94 valence electrons. The maximum absolute atomic E-state index is 12.4. The third-order valence-electron chi connectivity index (χ3n) is 1.69. The Bertz CT molecular complexity index is 626. The zero-order valence-corrected chi connectivity index (χ0v) is 9.26. The van der Waals surface area contributed by atoms with E-state index >= 15 is 0 Å². The Morgan fingerprint density at radius 1 is 1.47 bits per heavy atom. The van der Waals surface area contributed by atoms with E-state index in [1.807, 2.05) is 0 Å². The van der Waals surface area contributed by atoms with Gasteiger partial charge >= 0.3 is 5.82 Å². The van der Waals surface area contributed by atoms with Crippen molar-refractivity contribution in [3.63, 3.8) is 0 Å². The van der Waals surface area contributed by atoms with Crippen LogP contribution in [0.3, 0.4) is 0 Å². The van der Waals surface area contributed by atoms with Gasteiger partial charge in [0.05, 0.1) is 0 Å². The molecule has 0 atom stereocenters.